The van der Waals surface area contributed by atoms with E-state index in [-0.39, 0.29) is 0 Å². The number of hydrogen-bond acceptors (Lipinski definition) is 3. The van der Waals surface area contributed by atoms with Gasteiger partial charge in [0.2, 0.25) is 0 Å². The zero-order valence-corrected chi connectivity index (χ0v) is 9.00. The van der Waals surface area contributed by atoms with Crippen molar-refractivity contribution in [3.05, 3.63) is 36.9 Å². The van der Waals surface area contributed by atoms with Crippen LogP contribution in [-0.2, 0) is 0 Å². The first-order valence-electron chi connectivity index (χ1n) is 5.63. The maximum absolute atomic E-state index is 3.81. The average Bonchev–Trinajstić information content (AvgIpc) is 2.77. The predicted molar refractivity (Wildman–Crippen MR) is 62.6 cm³/mol. The number of aromatic nitrogens is 3. The molecule has 1 aliphatic carbocycles. The molecule has 2 aromatic rings. The van der Waals surface area contributed by atoms with Crippen LogP contribution in [0.15, 0.2) is 36.9 Å². The van der Waals surface area contributed by atoms with E-state index in [0.717, 1.165) is 5.69 Å². The molecule has 0 spiro atoms. The molecule has 4 heteroatoms. The quantitative estimate of drug-likeness (QED) is 0.852. The first-order chi connectivity index (χ1) is 7.92. The fraction of sp³-hybridized carbons (Fsp3) is 0.333. The largest absolute Gasteiger partial charge is 0.382 e. The molecule has 1 saturated carbocycles. The SMILES string of the molecule is c1cc(NC2CCC2)cc(-n2cnnc2)c1. The van der Waals surface area contributed by atoms with E-state index < -0.39 is 0 Å². The van der Waals surface area contributed by atoms with Crippen LogP contribution in [-0.4, -0.2) is 20.8 Å². The monoisotopic (exact) mass is 214 g/mol. The van der Waals surface area contributed by atoms with Gasteiger partial charge in [-0.25, -0.2) is 0 Å². The Morgan fingerprint density at radius 3 is 2.69 bits per heavy atom. The summed E-state index contributed by atoms with van der Waals surface area (Å²) in [6.07, 6.45) is 7.35. The molecule has 1 heterocycles. The van der Waals surface area contributed by atoms with Crippen LogP contribution < -0.4 is 5.32 Å². The highest BCUT2D eigenvalue weighted by Crippen LogP contribution is 2.24. The molecule has 1 aromatic heterocycles. The fourth-order valence-corrected chi connectivity index (χ4v) is 1.88. The molecule has 4 nitrogen and oxygen atoms in total. The third kappa shape index (κ3) is 1.78. The van der Waals surface area contributed by atoms with Crippen LogP contribution in [0.5, 0.6) is 0 Å². The number of nitrogens with one attached hydrogen (secondary N) is 1. The van der Waals surface area contributed by atoms with Gasteiger partial charge in [-0.05, 0) is 37.5 Å². The zero-order chi connectivity index (χ0) is 10.8. The molecule has 3 rings (SSSR count). The van der Waals surface area contributed by atoms with Crippen molar-refractivity contribution in [2.45, 2.75) is 25.3 Å². The second kappa shape index (κ2) is 3.96. The molecule has 0 radical (unpaired) electrons. The minimum Gasteiger partial charge on any atom is -0.382 e. The van der Waals surface area contributed by atoms with Crippen molar-refractivity contribution in [3.8, 4) is 5.69 Å². The molecule has 82 valence electrons. The first-order valence-corrected chi connectivity index (χ1v) is 5.63. The summed E-state index contributed by atoms with van der Waals surface area (Å²) in [5, 5.41) is 11.1. The molecule has 0 atom stereocenters. The number of rotatable bonds is 3. The molecule has 0 aliphatic heterocycles. The Kier molecular flexibility index (Phi) is 2.33. The predicted octanol–water partition coefficient (Wildman–Crippen LogP) is 2.23. The van der Waals surface area contributed by atoms with Crippen molar-refractivity contribution in [3.63, 3.8) is 0 Å². The molecular weight excluding hydrogens is 200 g/mol. The highest BCUT2D eigenvalue weighted by atomic mass is 15.2. The summed E-state index contributed by atoms with van der Waals surface area (Å²) < 4.78 is 1.91. The minimum absolute atomic E-state index is 0.663. The molecule has 1 N–H and O–H groups in total. The van der Waals surface area contributed by atoms with Crippen LogP contribution in [0.25, 0.3) is 5.69 Å². The number of nitrogens with zero attached hydrogens (tertiary/aromatic N) is 3. The van der Waals surface area contributed by atoms with E-state index in [1.54, 1.807) is 12.7 Å². The van der Waals surface area contributed by atoms with Gasteiger partial charge in [0.1, 0.15) is 12.7 Å². The molecule has 1 aliphatic rings. The third-order valence-electron chi connectivity index (χ3n) is 3.04. The van der Waals surface area contributed by atoms with Crippen molar-refractivity contribution in [1.29, 1.82) is 0 Å². The van der Waals surface area contributed by atoms with Crippen LogP contribution >= 0.6 is 0 Å². The normalized spacial score (nSPS) is 15.8. The van der Waals surface area contributed by atoms with Gasteiger partial charge < -0.3 is 5.32 Å². The van der Waals surface area contributed by atoms with Crippen molar-refractivity contribution >= 4 is 5.69 Å². The smallest absolute Gasteiger partial charge is 0.123 e. The van der Waals surface area contributed by atoms with Gasteiger partial charge >= 0.3 is 0 Å². The Balaban J connectivity index is 1.82. The summed E-state index contributed by atoms with van der Waals surface area (Å²) in [6.45, 7) is 0. The second-order valence-electron chi connectivity index (χ2n) is 4.19. The third-order valence-corrected chi connectivity index (χ3v) is 3.04. The lowest BCUT2D eigenvalue weighted by Crippen LogP contribution is -2.26. The number of hydrogen-bond donors (Lipinski definition) is 1. The van der Waals surface area contributed by atoms with Gasteiger partial charge in [0.05, 0.1) is 5.69 Å². The Labute approximate surface area is 94.3 Å². The van der Waals surface area contributed by atoms with Crippen LogP contribution in [0.4, 0.5) is 5.69 Å². The van der Waals surface area contributed by atoms with Gasteiger partial charge in [0.15, 0.2) is 0 Å². The average molecular weight is 214 g/mol. The molecule has 16 heavy (non-hydrogen) atoms. The summed E-state index contributed by atoms with van der Waals surface area (Å²) in [7, 11) is 0. The highest BCUT2D eigenvalue weighted by molar-refractivity contribution is 5.51. The van der Waals surface area contributed by atoms with Crippen LogP contribution in [0.3, 0.4) is 0 Å². The van der Waals surface area contributed by atoms with E-state index in [1.165, 1.54) is 24.9 Å². The van der Waals surface area contributed by atoms with Gasteiger partial charge in [-0.1, -0.05) is 6.07 Å². The van der Waals surface area contributed by atoms with Crippen molar-refractivity contribution in [2.75, 3.05) is 5.32 Å². The Morgan fingerprint density at radius 1 is 1.19 bits per heavy atom. The van der Waals surface area contributed by atoms with E-state index in [0.29, 0.717) is 6.04 Å². The number of anilines is 1. The summed E-state index contributed by atoms with van der Waals surface area (Å²) in [4.78, 5) is 0. The summed E-state index contributed by atoms with van der Waals surface area (Å²) in [5.41, 5.74) is 2.27. The van der Waals surface area contributed by atoms with E-state index >= 15 is 0 Å². The summed E-state index contributed by atoms with van der Waals surface area (Å²) in [6, 6.07) is 9.00. The maximum Gasteiger partial charge on any atom is 0.123 e. The Bertz CT molecular complexity index is 460. The van der Waals surface area contributed by atoms with E-state index in [2.05, 4.69) is 39.8 Å². The van der Waals surface area contributed by atoms with Gasteiger partial charge in [-0.15, -0.1) is 10.2 Å². The maximum atomic E-state index is 3.81. The molecule has 0 amide bonds. The lowest BCUT2D eigenvalue weighted by atomic mass is 9.93. The van der Waals surface area contributed by atoms with Crippen LogP contribution in [0.2, 0.25) is 0 Å². The van der Waals surface area contributed by atoms with Crippen molar-refractivity contribution in [2.24, 2.45) is 0 Å². The van der Waals surface area contributed by atoms with Gasteiger partial charge in [0, 0.05) is 11.7 Å². The van der Waals surface area contributed by atoms with Crippen molar-refractivity contribution < 1.29 is 0 Å². The molecule has 0 saturated heterocycles. The van der Waals surface area contributed by atoms with Gasteiger partial charge in [-0.2, -0.15) is 0 Å². The zero-order valence-electron chi connectivity index (χ0n) is 9.00. The Morgan fingerprint density at radius 2 is 2.00 bits per heavy atom. The lowest BCUT2D eigenvalue weighted by Gasteiger charge is -2.27. The standard InChI is InChI=1S/C12H14N4/c1-3-10(4-1)15-11-5-2-6-12(7-11)16-8-13-14-9-16/h2,5-10,15H,1,3-4H2. The number of benzene rings is 1. The first kappa shape index (κ1) is 9.39. The van der Waals surface area contributed by atoms with E-state index in [4.69, 9.17) is 0 Å². The van der Waals surface area contributed by atoms with Gasteiger partial charge in [-0.3, -0.25) is 4.57 Å². The second-order valence-corrected chi connectivity index (χ2v) is 4.19. The van der Waals surface area contributed by atoms with E-state index in [1.807, 2.05) is 4.57 Å². The molecule has 0 bridgehead atoms. The topological polar surface area (TPSA) is 42.7 Å². The minimum atomic E-state index is 0.663. The van der Waals surface area contributed by atoms with Crippen LogP contribution in [0.1, 0.15) is 19.3 Å². The van der Waals surface area contributed by atoms with Crippen LogP contribution in [0, 0.1) is 0 Å². The fourth-order valence-electron chi connectivity index (χ4n) is 1.88. The molecule has 1 aromatic carbocycles. The lowest BCUT2D eigenvalue weighted by molar-refractivity contribution is 0.445. The van der Waals surface area contributed by atoms with E-state index in [9.17, 15) is 0 Å². The summed E-state index contributed by atoms with van der Waals surface area (Å²) >= 11 is 0. The van der Waals surface area contributed by atoms with Gasteiger partial charge in [0.25, 0.3) is 0 Å². The van der Waals surface area contributed by atoms with Crippen molar-refractivity contribution in [1.82, 2.24) is 14.8 Å². The highest BCUT2D eigenvalue weighted by Gasteiger charge is 2.16. The molecule has 0 unspecified atom stereocenters. The Hall–Kier alpha value is -1.84. The summed E-state index contributed by atoms with van der Waals surface area (Å²) in [5.74, 6) is 0. The molecular formula is C12H14N4. The molecule has 1 fully saturated rings.